The van der Waals surface area contributed by atoms with Gasteiger partial charge in [0, 0.05) is 6.04 Å². The van der Waals surface area contributed by atoms with Crippen LogP contribution in [0.25, 0.3) is 0 Å². The second-order valence-corrected chi connectivity index (χ2v) is 7.28. The third kappa shape index (κ3) is 5.28. The number of nitrogens with one attached hydrogen (secondary N) is 1. The highest BCUT2D eigenvalue weighted by molar-refractivity contribution is 7.12. The first-order valence-electron chi connectivity index (χ1n) is 8.97. The molecule has 0 saturated heterocycles. The minimum atomic E-state index is 0.373. The quantitative estimate of drug-likeness (QED) is 0.333. The van der Waals surface area contributed by atoms with E-state index in [1.54, 1.807) is 11.3 Å². The lowest BCUT2D eigenvalue weighted by Crippen LogP contribution is -2.20. The predicted octanol–water partition coefficient (Wildman–Crippen LogP) is 5.07. The Hall–Kier alpha value is -2.43. The Morgan fingerprint density at radius 2 is 1.92 bits per heavy atom. The molecule has 3 N–H and O–H groups in total. The molecule has 0 spiro atoms. The molecule has 2 aromatic carbocycles. The fourth-order valence-corrected chi connectivity index (χ4v) is 3.50. The van der Waals surface area contributed by atoms with Crippen LogP contribution in [-0.2, 0) is 6.42 Å². The SMILES string of the molecule is CC(NCCCc1cccc(N=C(N)c2cccs2)c1)c1ccccc1. The molecule has 26 heavy (non-hydrogen) atoms. The monoisotopic (exact) mass is 363 g/mol. The highest BCUT2D eigenvalue weighted by Gasteiger charge is 2.04. The minimum Gasteiger partial charge on any atom is -0.383 e. The maximum absolute atomic E-state index is 6.08. The van der Waals surface area contributed by atoms with Gasteiger partial charge in [0.25, 0.3) is 0 Å². The van der Waals surface area contributed by atoms with Crippen molar-refractivity contribution in [3.8, 4) is 0 Å². The molecule has 1 heterocycles. The van der Waals surface area contributed by atoms with Crippen LogP contribution in [0.1, 0.15) is 35.4 Å². The molecule has 0 aliphatic heterocycles. The van der Waals surface area contributed by atoms with E-state index >= 15 is 0 Å². The molecular formula is C22H25N3S. The minimum absolute atomic E-state index is 0.373. The lowest BCUT2D eigenvalue weighted by Gasteiger charge is -2.14. The van der Waals surface area contributed by atoms with Crippen molar-refractivity contribution in [1.82, 2.24) is 5.32 Å². The summed E-state index contributed by atoms with van der Waals surface area (Å²) in [6.07, 6.45) is 2.11. The van der Waals surface area contributed by atoms with Crippen LogP contribution in [-0.4, -0.2) is 12.4 Å². The molecule has 3 nitrogen and oxygen atoms in total. The number of aryl methyl sites for hydroxylation is 1. The van der Waals surface area contributed by atoms with Crippen LogP contribution in [0, 0.1) is 0 Å². The van der Waals surface area contributed by atoms with Crippen molar-refractivity contribution in [2.45, 2.75) is 25.8 Å². The van der Waals surface area contributed by atoms with Gasteiger partial charge >= 0.3 is 0 Å². The molecule has 0 bridgehead atoms. The number of amidine groups is 1. The topological polar surface area (TPSA) is 50.4 Å². The van der Waals surface area contributed by atoms with Crippen molar-refractivity contribution in [1.29, 1.82) is 0 Å². The van der Waals surface area contributed by atoms with E-state index < -0.39 is 0 Å². The molecule has 0 fully saturated rings. The number of rotatable bonds is 8. The number of nitrogens with zero attached hydrogens (tertiary/aromatic N) is 1. The summed E-state index contributed by atoms with van der Waals surface area (Å²) in [6.45, 7) is 3.19. The molecular weight excluding hydrogens is 338 g/mol. The third-order valence-electron chi connectivity index (χ3n) is 4.33. The average Bonchev–Trinajstić information content (AvgIpc) is 3.21. The first-order valence-corrected chi connectivity index (χ1v) is 9.85. The maximum Gasteiger partial charge on any atom is 0.141 e. The van der Waals surface area contributed by atoms with Gasteiger partial charge in [-0.05, 0) is 61.0 Å². The summed E-state index contributed by atoms with van der Waals surface area (Å²) in [5, 5.41) is 5.60. The Morgan fingerprint density at radius 1 is 1.08 bits per heavy atom. The van der Waals surface area contributed by atoms with Crippen molar-refractivity contribution in [3.63, 3.8) is 0 Å². The average molecular weight is 364 g/mol. The maximum atomic E-state index is 6.08. The molecule has 134 valence electrons. The molecule has 0 aliphatic carbocycles. The molecule has 1 atom stereocenters. The number of hydrogen-bond acceptors (Lipinski definition) is 3. The van der Waals surface area contributed by atoms with E-state index in [-0.39, 0.29) is 0 Å². The largest absolute Gasteiger partial charge is 0.383 e. The molecule has 3 rings (SSSR count). The Labute approximate surface area is 159 Å². The molecule has 1 unspecified atom stereocenters. The van der Waals surface area contributed by atoms with Gasteiger partial charge in [0.05, 0.1) is 10.6 Å². The summed E-state index contributed by atoms with van der Waals surface area (Å²) in [5.41, 5.74) is 9.62. The van der Waals surface area contributed by atoms with E-state index in [0.717, 1.165) is 30.0 Å². The smallest absolute Gasteiger partial charge is 0.141 e. The van der Waals surface area contributed by atoms with Gasteiger partial charge in [-0.1, -0.05) is 48.5 Å². The number of aliphatic imine (C=N–C) groups is 1. The van der Waals surface area contributed by atoms with Gasteiger partial charge in [-0.3, -0.25) is 0 Å². The molecule has 0 aliphatic rings. The second kappa shape index (κ2) is 9.32. The van der Waals surface area contributed by atoms with Gasteiger partial charge in [0.2, 0.25) is 0 Å². The summed E-state index contributed by atoms with van der Waals surface area (Å²) in [6, 6.07) is 23.2. The standard InChI is InChI=1S/C22H25N3S/c1-17(19-10-3-2-4-11-19)24-14-6-9-18-8-5-12-20(16-18)25-22(23)21-13-7-15-26-21/h2-5,7-8,10-13,15-17,24H,6,9,14H2,1H3,(H2,23,25). The second-order valence-electron chi connectivity index (χ2n) is 6.33. The van der Waals surface area contributed by atoms with E-state index in [9.17, 15) is 0 Å². The van der Waals surface area contributed by atoms with Crippen molar-refractivity contribution in [2.75, 3.05) is 6.54 Å². The van der Waals surface area contributed by atoms with E-state index in [1.165, 1.54) is 11.1 Å². The van der Waals surface area contributed by atoms with E-state index in [0.29, 0.717) is 11.9 Å². The van der Waals surface area contributed by atoms with Gasteiger partial charge in [-0.25, -0.2) is 4.99 Å². The normalized spacial score (nSPS) is 12.9. The highest BCUT2D eigenvalue weighted by Crippen LogP contribution is 2.18. The van der Waals surface area contributed by atoms with Gasteiger partial charge in [-0.2, -0.15) is 0 Å². The fraction of sp³-hybridized carbons (Fsp3) is 0.227. The number of hydrogen-bond donors (Lipinski definition) is 2. The van der Waals surface area contributed by atoms with Crippen LogP contribution in [0.3, 0.4) is 0 Å². The Balaban J connectivity index is 1.50. The number of benzene rings is 2. The van der Waals surface area contributed by atoms with E-state index in [1.807, 2.05) is 23.6 Å². The van der Waals surface area contributed by atoms with Gasteiger partial charge in [-0.15, -0.1) is 11.3 Å². The molecule has 0 radical (unpaired) electrons. The zero-order chi connectivity index (χ0) is 18.2. The van der Waals surface area contributed by atoms with Crippen LogP contribution >= 0.6 is 11.3 Å². The van der Waals surface area contributed by atoms with Crippen LogP contribution in [0.2, 0.25) is 0 Å². The first kappa shape index (κ1) is 18.4. The van der Waals surface area contributed by atoms with Crippen LogP contribution < -0.4 is 11.1 Å². The van der Waals surface area contributed by atoms with Crippen molar-refractivity contribution in [3.05, 3.63) is 88.1 Å². The lowest BCUT2D eigenvalue weighted by atomic mass is 10.1. The van der Waals surface area contributed by atoms with E-state index in [2.05, 4.69) is 65.8 Å². The number of nitrogens with two attached hydrogens (primary N) is 1. The molecule has 0 amide bonds. The summed E-state index contributed by atoms with van der Waals surface area (Å²) in [5.74, 6) is 0.579. The van der Waals surface area contributed by atoms with Gasteiger partial charge < -0.3 is 11.1 Å². The number of thiophene rings is 1. The molecule has 0 saturated carbocycles. The zero-order valence-electron chi connectivity index (χ0n) is 15.1. The molecule has 4 heteroatoms. The third-order valence-corrected chi connectivity index (χ3v) is 5.22. The predicted molar refractivity (Wildman–Crippen MR) is 112 cm³/mol. The summed E-state index contributed by atoms with van der Waals surface area (Å²) in [4.78, 5) is 5.56. The van der Waals surface area contributed by atoms with E-state index in [4.69, 9.17) is 5.73 Å². The summed E-state index contributed by atoms with van der Waals surface area (Å²) in [7, 11) is 0. The highest BCUT2D eigenvalue weighted by atomic mass is 32.1. The first-order chi connectivity index (χ1) is 12.7. The van der Waals surface area contributed by atoms with Crippen LogP contribution in [0.15, 0.2) is 77.1 Å². The van der Waals surface area contributed by atoms with Gasteiger partial charge in [0.1, 0.15) is 5.84 Å². The lowest BCUT2D eigenvalue weighted by molar-refractivity contribution is 0.558. The Bertz CT molecular complexity index is 826. The van der Waals surface area contributed by atoms with Crippen LogP contribution in [0.4, 0.5) is 5.69 Å². The molecule has 3 aromatic rings. The Morgan fingerprint density at radius 3 is 2.69 bits per heavy atom. The van der Waals surface area contributed by atoms with Crippen molar-refractivity contribution < 1.29 is 0 Å². The Kier molecular flexibility index (Phi) is 6.58. The van der Waals surface area contributed by atoms with Crippen molar-refractivity contribution >= 4 is 22.9 Å². The zero-order valence-corrected chi connectivity index (χ0v) is 15.9. The summed E-state index contributed by atoms with van der Waals surface area (Å²) < 4.78 is 0. The summed E-state index contributed by atoms with van der Waals surface area (Å²) >= 11 is 1.61. The molecule has 1 aromatic heterocycles. The van der Waals surface area contributed by atoms with Crippen molar-refractivity contribution in [2.24, 2.45) is 10.7 Å². The fourth-order valence-electron chi connectivity index (χ4n) is 2.87. The van der Waals surface area contributed by atoms with Gasteiger partial charge in [0.15, 0.2) is 0 Å². The van der Waals surface area contributed by atoms with Crippen LogP contribution in [0.5, 0.6) is 0 Å².